The van der Waals surface area contributed by atoms with Crippen LogP contribution in [0.3, 0.4) is 0 Å². The Morgan fingerprint density at radius 3 is 2.67 bits per heavy atom. The normalized spacial score (nSPS) is 22.1. The summed E-state index contributed by atoms with van der Waals surface area (Å²) in [5, 5.41) is 10.0. The third kappa shape index (κ3) is 3.10. The average Bonchev–Trinajstić information content (AvgIpc) is 2.99. The smallest absolute Gasteiger partial charge is 0.416 e. The molecule has 2 saturated heterocycles. The Balaban J connectivity index is 1.66. The quantitative estimate of drug-likeness (QED) is 0.865. The molecule has 1 aromatic carbocycles. The summed E-state index contributed by atoms with van der Waals surface area (Å²) in [5.41, 5.74) is -1.57. The summed E-state index contributed by atoms with van der Waals surface area (Å²) in [6.07, 6.45) is -1.25. The van der Waals surface area contributed by atoms with E-state index in [1.807, 2.05) is 7.05 Å². The summed E-state index contributed by atoms with van der Waals surface area (Å²) in [6, 6.07) is 2.34. The first kappa shape index (κ1) is 18.0. The van der Waals surface area contributed by atoms with E-state index in [9.17, 15) is 23.1 Å². The highest BCUT2D eigenvalue weighted by Crippen LogP contribution is 2.39. The van der Waals surface area contributed by atoms with E-state index < -0.39 is 23.0 Å². The van der Waals surface area contributed by atoms with Crippen molar-refractivity contribution in [2.24, 2.45) is 0 Å². The van der Waals surface area contributed by atoms with Crippen molar-refractivity contribution >= 4 is 0 Å². The Morgan fingerprint density at radius 1 is 1.30 bits per heavy atom. The lowest BCUT2D eigenvalue weighted by atomic mass is 9.90. The molecule has 3 heterocycles. The van der Waals surface area contributed by atoms with Crippen molar-refractivity contribution in [2.75, 3.05) is 26.7 Å². The van der Waals surface area contributed by atoms with Gasteiger partial charge < -0.3 is 14.7 Å². The van der Waals surface area contributed by atoms with Gasteiger partial charge in [0.25, 0.3) is 5.56 Å². The fraction of sp³-hybridized carbons (Fsp3) is 0.444. The number of aromatic nitrogens is 2. The van der Waals surface area contributed by atoms with Crippen molar-refractivity contribution in [3.8, 4) is 16.9 Å². The summed E-state index contributed by atoms with van der Waals surface area (Å²) in [7, 11) is 1.99. The topological polar surface area (TPSA) is 67.6 Å². The van der Waals surface area contributed by atoms with Crippen LogP contribution in [0.5, 0.6) is 5.75 Å². The van der Waals surface area contributed by atoms with Crippen molar-refractivity contribution in [3.63, 3.8) is 0 Å². The summed E-state index contributed by atoms with van der Waals surface area (Å²) >= 11 is 0. The van der Waals surface area contributed by atoms with Gasteiger partial charge in [0.1, 0.15) is 5.75 Å². The van der Waals surface area contributed by atoms with E-state index in [0.29, 0.717) is 19.1 Å². The molecule has 1 atom stereocenters. The second-order valence-corrected chi connectivity index (χ2v) is 7.27. The first-order valence-corrected chi connectivity index (χ1v) is 8.48. The molecule has 2 aliphatic heterocycles. The molecule has 0 saturated carbocycles. The van der Waals surface area contributed by atoms with Gasteiger partial charge in [-0.2, -0.15) is 13.2 Å². The lowest BCUT2D eigenvalue weighted by molar-refractivity contribution is -0.137. The van der Waals surface area contributed by atoms with Crippen molar-refractivity contribution < 1.29 is 23.0 Å². The number of ether oxygens (including phenoxy) is 1. The number of halogens is 3. The molecule has 2 fully saturated rings. The summed E-state index contributed by atoms with van der Waals surface area (Å²) in [5.74, 6) is -0.610. The fourth-order valence-corrected chi connectivity index (χ4v) is 3.96. The number of hydrogen-bond acceptors (Lipinski definition) is 5. The largest absolute Gasteiger partial charge is 0.507 e. The zero-order chi connectivity index (χ0) is 19.4. The molecule has 27 heavy (non-hydrogen) atoms. The number of rotatable bonds is 2. The number of alkyl halides is 3. The molecule has 4 rings (SSSR count). The minimum atomic E-state index is -4.57. The standard InChI is InChI=1S/C18H18F3N3O3/c1-23-8-17(9-23)5-12(7-27-17)24-10-22-6-14(16(24)26)13-3-2-11(4-15(13)25)18(19,20)21/h2-4,6,10,12,25H,5,7-9H2,1H3. The van der Waals surface area contributed by atoms with Crippen LogP contribution in [0.4, 0.5) is 13.2 Å². The van der Waals surface area contributed by atoms with Gasteiger partial charge >= 0.3 is 6.18 Å². The van der Waals surface area contributed by atoms with E-state index in [1.165, 1.54) is 17.1 Å². The van der Waals surface area contributed by atoms with Gasteiger partial charge in [-0.25, -0.2) is 4.98 Å². The number of phenolic OH excluding ortho intramolecular Hbond substituents is 1. The van der Waals surface area contributed by atoms with Crippen LogP contribution in [0.15, 0.2) is 35.5 Å². The molecule has 1 unspecified atom stereocenters. The predicted octanol–water partition coefficient (Wildman–Crippen LogP) is 2.28. The second-order valence-electron chi connectivity index (χ2n) is 7.27. The molecule has 144 valence electrons. The number of nitrogens with zero attached hydrogens (tertiary/aromatic N) is 3. The maximum absolute atomic E-state index is 12.9. The van der Waals surface area contributed by atoms with E-state index in [0.717, 1.165) is 25.2 Å². The summed E-state index contributed by atoms with van der Waals surface area (Å²) < 4.78 is 45.7. The van der Waals surface area contributed by atoms with E-state index in [-0.39, 0.29) is 22.8 Å². The monoisotopic (exact) mass is 381 g/mol. The first-order valence-electron chi connectivity index (χ1n) is 8.48. The molecule has 6 nitrogen and oxygen atoms in total. The molecule has 1 aromatic heterocycles. The minimum Gasteiger partial charge on any atom is -0.507 e. The van der Waals surface area contributed by atoms with Crippen LogP contribution in [0.25, 0.3) is 11.1 Å². The zero-order valence-corrected chi connectivity index (χ0v) is 14.5. The number of benzene rings is 1. The summed E-state index contributed by atoms with van der Waals surface area (Å²) in [4.78, 5) is 19.1. The SMILES string of the molecule is CN1CC2(CC(n3cncc(-c4ccc(C(F)(F)F)cc4O)c3=O)CO2)C1. The van der Waals surface area contributed by atoms with E-state index in [4.69, 9.17) is 4.74 Å². The Kier molecular flexibility index (Phi) is 4.04. The van der Waals surface area contributed by atoms with Gasteiger partial charge in [-0.05, 0) is 25.2 Å². The molecular weight excluding hydrogens is 363 g/mol. The van der Waals surface area contributed by atoms with Crippen LogP contribution in [0, 0.1) is 0 Å². The Labute approximate surface area is 152 Å². The van der Waals surface area contributed by atoms with Gasteiger partial charge in [-0.15, -0.1) is 0 Å². The molecule has 0 amide bonds. The minimum absolute atomic E-state index is 0.0202. The van der Waals surface area contributed by atoms with Crippen molar-refractivity contribution in [3.05, 3.63) is 46.6 Å². The maximum atomic E-state index is 12.9. The lowest BCUT2D eigenvalue weighted by Gasteiger charge is -2.45. The number of aromatic hydroxyl groups is 1. The molecular formula is C18H18F3N3O3. The van der Waals surface area contributed by atoms with Gasteiger partial charge in [0.05, 0.1) is 35.7 Å². The van der Waals surface area contributed by atoms with Crippen molar-refractivity contribution in [1.82, 2.24) is 14.5 Å². The summed E-state index contributed by atoms with van der Waals surface area (Å²) in [6.45, 7) is 1.97. The Hall–Kier alpha value is -2.39. The second kappa shape index (κ2) is 6.07. The highest BCUT2D eigenvalue weighted by atomic mass is 19.4. The average molecular weight is 381 g/mol. The number of likely N-dealkylation sites (N-methyl/N-ethyl adjacent to an activating group) is 1. The van der Waals surface area contributed by atoms with Gasteiger partial charge in [-0.3, -0.25) is 9.36 Å². The van der Waals surface area contributed by atoms with E-state index in [1.54, 1.807) is 0 Å². The predicted molar refractivity (Wildman–Crippen MR) is 90.4 cm³/mol. The zero-order valence-electron chi connectivity index (χ0n) is 14.5. The van der Waals surface area contributed by atoms with Crippen LogP contribution in [0.1, 0.15) is 18.0 Å². The van der Waals surface area contributed by atoms with E-state index in [2.05, 4.69) is 9.88 Å². The van der Waals surface area contributed by atoms with Gasteiger partial charge in [0.2, 0.25) is 0 Å². The molecule has 0 aliphatic carbocycles. The molecule has 2 aliphatic rings. The molecule has 0 radical (unpaired) electrons. The molecule has 2 aromatic rings. The first-order chi connectivity index (χ1) is 12.7. The molecule has 1 spiro atoms. The van der Waals surface area contributed by atoms with Crippen LogP contribution in [-0.4, -0.2) is 51.9 Å². The Morgan fingerprint density at radius 2 is 2.04 bits per heavy atom. The molecule has 9 heteroatoms. The molecule has 0 bridgehead atoms. The molecule has 1 N–H and O–H groups in total. The van der Waals surface area contributed by atoms with Gasteiger partial charge in [0, 0.05) is 31.3 Å². The van der Waals surface area contributed by atoms with Crippen LogP contribution < -0.4 is 5.56 Å². The van der Waals surface area contributed by atoms with Crippen LogP contribution in [0.2, 0.25) is 0 Å². The highest BCUT2D eigenvalue weighted by Gasteiger charge is 2.49. The fourth-order valence-electron chi connectivity index (χ4n) is 3.96. The van der Waals surface area contributed by atoms with Crippen molar-refractivity contribution in [2.45, 2.75) is 24.2 Å². The lowest BCUT2D eigenvalue weighted by Crippen LogP contribution is -2.59. The van der Waals surface area contributed by atoms with Crippen LogP contribution in [-0.2, 0) is 10.9 Å². The number of hydrogen-bond donors (Lipinski definition) is 1. The van der Waals surface area contributed by atoms with Crippen molar-refractivity contribution in [1.29, 1.82) is 0 Å². The van der Waals surface area contributed by atoms with Gasteiger partial charge in [-0.1, -0.05) is 0 Å². The number of likely N-dealkylation sites (tertiary alicyclic amines) is 1. The van der Waals surface area contributed by atoms with Crippen LogP contribution >= 0.6 is 0 Å². The van der Waals surface area contributed by atoms with E-state index >= 15 is 0 Å². The van der Waals surface area contributed by atoms with Gasteiger partial charge in [0.15, 0.2) is 0 Å². The third-order valence-corrected chi connectivity index (χ3v) is 5.17. The maximum Gasteiger partial charge on any atom is 0.416 e. The Bertz CT molecular complexity index is 935. The highest BCUT2D eigenvalue weighted by molar-refractivity contribution is 5.69. The third-order valence-electron chi connectivity index (χ3n) is 5.17. The number of phenols is 1.